The standard InChI is InChI=1S/C26H37NO4/c1-6-7-8-9-19(21-12-11-20(29)16-24(21)31-5)15-25(30)27-23-14-18(17-28)10-13-22(23)26(2,3)4/h10-14,16,19,28-29H,6-9,15,17H2,1-5H3,(H,27,30). The number of nitrogens with one attached hydrogen (secondary N) is 1. The Hall–Kier alpha value is -2.53. The number of hydrogen-bond acceptors (Lipinski definition) is 4. The number of phenols is 1. The van der Waals surface area contributed by atoms with Crippen LogP contribution in [0.15, 0.2) is 36.4 Å². The lowest BCUT2D eigenvalue weighted by atomic mass is 9.85. The first-order chi connectivity index (χ1) is 14.7. The van der Waals surface area contributed by atoms with E-state index in [0.29, 0.717) is 12.2 Å². The number of anilines is 1. The van der Waals surface area contributed by atoms with Crippen LogP contribution in [0.2, 0.25) is 0 Å². The molecule has 0 saturated heterocycles. The highest BCUT2D eigenvalue weighted by Gasteiger charge is 2.23. The minimum Gasteiger partial charge on any atom is -0.508 e. The van der Waals surface area contributed by atoms with Gasteiger partial charge in [0.15, 0.2) is 0 Å². The van der Waals surface area contributed by atoms with E-state index < -0.39 is 0 Å². The lowest BCUT2D eigenvalue weighted by molar-refractivity contribution is -0.116. The van der Waals surface area contributed by atoms with Crippen molar-refractivity contribution in [2.45, 2.75) is 77.7 Å². The number of aliphatic hydroxyl groups is 1. The van der Waals surface area contributed by atoms with Crippen LogP contribution in [0.3, 0.4) is 0 Å². The maximum absolute atomic E-state index is 13.1. The molecule has 3 N–H and O–H groups in total. The topological polar surface area (TPSA) is 78.8 Å². The number of ether oxygens (including phenoxy) is 1. The molecule has 1 amide bonds. The molecule has 0 radical (unpaired) electrons. The van der Waals surface area contributed by atoms with Crippen molar-refractivity contribution in [3.63, 3.8) is 0 Å². The van der Waals surface area contributed by atoms with Crippen LogP contribution in [-0.2, 0) is 16.8 Å². The fraction of sp³-hybridized carbons (Fsp3) is 0.500. The van der Waals surface area contributed by atoms with Crippen LogP contribution in [0.5, 0.6) is 11.5 Å². The molecule has 0 aliphatic heterocycles. The molecule has 2 aromatic carbocycles. The predicted octanol–water partition coefficient (Wildman–Crippen LogP) is 5.88. The fourth-order valence-electron chi connectivity index (χ4n) is 3.92. The Morgan fingerprint density at radius 2 is 1.87 bits per heavy atom. The van der Waals surface area contributed by atoms with Gasteiger partial charge in [-0.1, -0.05) is 65.2 Å². The van der Waals surface area contributed by atoms with E-state index >= 15 is 0 Å². The molecule has 31 heavy (non-hydrogen) atoms. The van der Waals surface area contributed by atoms with E-state index in [1.807, 2.05) is 24.3 Å². The molecule has 0 aliphatic carbocycles. The molecule has 0 heterocycles. The summed E-state index contributed by atoms with van der Waals surface area (Å²) in [6.45, 7) is 8.39. The van der Waals surface area contributed by atoms with E-state index in [-0.39, 0.29) is 29.6 Å². The summed E-state index contributed by atoms with van der Waals surface area (Å²) in [4.78, 5) is 13.1. The van der Waals surface area contributed by atoms with E-state index in [9.17, 15) is 15.0 Å². The van der Waals surface area contributed by atoms with Gasteiger partial charge in [-0.2, -0.15) is 0 Å². The average Bonchev–Trinajstić information content (AvgIpc) is 2.72. The zero-order valence-corrected chi connectivity index (χ0v) is 19.5. The summed E-state index contributed by atoms with van der Waals surface area (Å²) in [6.07, 6.45) is 4.41. The van der Waals surface area contributed by atoms with E-state index in [2.05, 4.69) is 33.0 Å². The highest BCUT2D eigenvalue weighted by molar-refractivity contribution is 5.92. The number of rotatable bonds is 10. The summed E-state index contributed by atoms with van der Waals surface area (Å²) in [5.74, 6) is 0.665. The summed E-state index contributed by atoms with van der Waals surface area (Å²) in [5.41, 5.74) is 3.34. The summed E-state index contributed by atoms with van der Waals surface area (Å²) in [5, 5.41) is 22.4. The molecular formula is C26H37NO4. The summed E-state index contributed by atoms with van der Waals surface area (Å²) >= 11 is 0. The summed E-state index contributed by atoms with van der Waals surface area (Å²) in [7, 11) is 1.58. The second-order valence-corrected chi connectivity index (χ2v) is 9.16. The first-order valence-electron chi connectivity index (χ1n) is 11.1. The van der Waals surface area contributed by atoms with Crippen molar-refractivity contribution in [1.29, 1.82) is 0 Å². The van der Waals surface area contributed by atoms with Gasteiger partial charge in [-0.05, 0) is 46.6 Å². The Bertz CT molecular complexity index is 870. The van der Waals surface area contributed by atoms with Crippen molar-refractivity contribution in [1.82, 2.24) is 0 Å². The zero-order chi connectivity index (χ0) is 23.0. The van der Waals surface area contributed by atoms with Gasteiger partial charge in [-0.25, -0.2) is 0 Å². The molecule has 0 aromatic heterocycles. The largest absolute Gasteiger partial charge is 0.508 e. The minimum absolute atomic E-state index is 0.0128. The number of methoxy groups -OCH3 is 1. The fourth-order valence-corrected chi connectivity index (χ4v) is 3.92. The third-order valence-corrected chi connectivity index (χ3v) is 5.59. The van der Waals surface area contributed by atoms with Crippen LogP contribution in [0.25, 0.3) is 0 Å². The molecule has 0 aliphatic rings. The molecule has 0 spiro atoms. The second-order valence-electron chi connectivity index (χ2n) is 9.16. The Morgan fingerprint density at radius 1 is 1.13 bits per heavy atom. The van der Waals surface area contributed by atoms with E-state index in [0.717, 1.165) is 48.1 Å². The number of benzene rings is 2. The lowest BCUT2D eigenvalue weighted by Crippen LogP contribution is -2.21. The van der Waals surface area contributed by atoms with Crippen molar-refractivity contribution in [2.24, 2.45) is 0 Å². The van der Waals surface area contributed by atoms with Crippen LogP contribution >= 0.6 is 0 Å². The zero-order valence-electron chi connectivity index (χ0n) is 19.5. The SMILES string of the molecule is CCCCCC(CC(=O)Nc1cc(CO)ccc1C(C)(C)C)c1ccc(O)cc1OC. The van der Waals surface area contributed by atoms with Crippen molar-refractivity contribution in [2.75, 3.05) is 12.4 Å². The normalized spacial score (nSPS) is 12.5. The Morgan fingerprint density at radius 3 is 2.48 bits per heavy atom. The number of carbonyl (C=O) groups excluding carboxylic acids is 1. The van der Waals surface area contributed by atoms with Crippen molar-refractivity contribution in [3.8, 4) is 11.5 Å². The molecule has 0 fully saturated rings. The first-order valence-corrected chi connectivity index (χ1v) is 11.1. The first kappa shape index (κ1) is 24.7. The molecule has 2 rings (SSSR count). The van der Waals surface area contributed by atoms with Gasteiger partial charge < -0.3 is 20.3 Å². The minimum atomic E-state index is -0.142. The molecule has 1 unspecified atom stereocenters. The quantitative estimate of drug-likeness (QED) is 0.414. The number of aliphatic hydroxyl groups excluding tert-OH is 1. The highest BCUT2D eigenvalue weighted by atomic mass is 16.5. The van der Waals surface area contributed by atoms with Crippen LogP contribution in [0.4, 0.5) is 5.69 Å². The molecule has 0 saturated carbocycles. The maximum atomic E-state index is 13.1. The third kappa shape index (κ3) is 7.00. The van der Waals surface area contributed by atoms with Gasteiger partial charge in [0.2, 0.25) is 5.91 Å². The molecule has 170 valence electrons. The van der Waals surface area contributed by atoms with Crippen LogP contribution < -0.4 is 10.1 Å². The smallest absolute Gasteiger partial charge is 0.224 e. The van der Waals surface area contributed by atoms with Gasteiger partial charge in [-0.15, -0.1) is 0 Å². The van der Waals surface area contributed by atoms with Crippen LogP contribution in [-0.4, -0.2) is 23.2 Å². The number of aromatic hydroxyl groups is 1. The van der Waals surface area contributed by atoms with Gasteiger partial charge in [0, 0.05) is 18.2 Å². The van der Waals surface area contributed by atoms with E-state index in [4.69, 9.17) is 4.74 Å². The predicted molar refractivity (Wildman–Crippen MR) is 126 cm³/mol. The van der Waals surface area contributed by atoms with Gasteiger partial charge in [-0.3, -0.25) is 4.79 Å². The average molecular weight is 428 g/mol. The van der Waals surface area contributed by atoms with Crippen molar-refractivity contribution in [3.05, 3.63) is 53.1 Å². The molecule has 1 atom stereocenters. The molecular weight excluding hydrogens is 390 g/mol. The van der Waals surface area contributed by atoms with Gasteiger partial charge in [0.05, 0.1) is 13.7 Å². The van der Waals surface area contributed by atoms with E-state index in [1.165, 1.54) is 0 Å². The van der Waals surface area contributed by atoms with Crippen LogP contribution in [0.1, 0.15) is 82.4 Å². The Balaban J connectivity index is 2.29. The lowest BCUT2D eigenvalue weighted by Gasteiger charge is -2.25. The number of amides is 1. The second kappa shape index (κ2) is 11.2. The number of hydrogen-bond donors (Lipinski definition) is 3. The number of carbonyl (C=O) groups is 1. The van der Waals surface area contributed by atoms with Crippen LogP contribution in [0, 0.1) is 0 Å². The Labute approximate surface area is 186 Å². The van der Waals surface area contributed by atoms with E-state index in [1.54, 1.807) is 19.2 Å². The third-order valence-electron chi connectivity index (χ3n) is 5.59. The monoisotopic (exact) mass is 427 g/mol. The van der Waals surface area contributed by atoms with Gasteiger partial charge in [0.1, 0.15) is 11.5 Å². The number of phenolic OH excluding ortho intramolecular Hbond substituents is 1. The van der Waals surface area contributed by atoms with Gasteiger partial charge >= 0.3 is 0 Å². The Kier molecular flexibility index (Phi) is 8.93. The van der Waals surface area contributed by atoms with Crippen molar-refractivity contribution >= 4 is 11.6 Å². The molecule has 2 aromatic rings. The maximum Gasteiger partial charge on any atom is 0.224 e. The van der Waals surface area contributed by atoms with Gasteiger partial charge in [0.25, 0.3) is 0 Å². The number of unbranched alkanes of at least 4 members (excludes halogenated alkanes) is 2. The highest BCUT2D eigenvalue weighted by Crippen LogP contribution is 2.36. The molecule has 5 nitrogen and oxygen atoms in total. The summed E-state index contributed by atoms with van der Waals surface area (Å²) in [6, 6.07) is 10.8. The molecule has 0 bridgehead atoms. The molecule has 5 heteroatoms. The van der Waals surface area contributed by atoms with Crippen molar-refractivity contribution < 1.29 is 19.7 Å². The summed E-state index contributed by atoms with van der Waals surface area (Å²) < 4.78 is 5.49.